The van der Waals surface area contributed by atoms with Crippen molar-refractivity contribution in [2.45, 2.75) is 11.3 Å². The van der Waals surface area contributed by atoms with Gasteiger partial charge in [0.15, 0.2) is 5.82 Å². The van der Waals surface area contributed by atoms with Gasteiger partial charge >= 0.3 is 0 Å². The molecule has 0 bridgehead atoms. The summed E-state index contributed by atoms with van der Waals surface area (Å²) in [5.74, 6) is 0.670. The number of thiazole rings is 1. The summed E-state index contributed by atoms with van der Waals surface area (Å²) < 4.78 is 30.2. The maximum Gasteiger partial charge on any atom is 0.240 e. The summed E-state index contributed by atoms with van der Waals surface area (Å²) in [4.78, 5) is 5.61. The van der Waals surface area contributed by atoms with Crippen LogP contribution in [-0.4, -0.2) is 29.6 Å². The Morgan fingerprint density at radius 2 is 1.81 bits per heavy atom. The van der Waals surface area contributed by atoms with Crippen molar-refractivity contribution in [2.24, 2.45) is 0 Å². The van der Waals surface area contributed by atoms with Gasteiger partial charge in [-0.05, 0) is 46.9 Å². The summed E-state index contributed by atoms with van der Waals surface area (Å²) in [5, 5.41) is 6.53. The Kier molecular flexibility index (Phi) is 5.26. The molecular formula is C18H15IN4O2S2. The van der Waals surface area contributed by atoms with E-state index in [0.717, 1.165) is 19.8 Å². The highest BCUT2D eigenvalue weighted by molar-refractivity contribution is 14.1. The number of nitrogens with one attached hydrogen (secondary N) is 1. The summed E-state index contributed by atoms with van der Waals surface area (Å²) in [6, 6.07) is 16.5. The van der Waals surface area contributed by atoms with E-state index in [0.29, 0.717) is 18.8 Å². The molecule has 0 aliphatic rings. The SMILES string of the molecule is O=S(=O)(NCCc1csc2nc(-c3ccccc3)nn12)c1ccc(I)cc1. The average molecular weight is 510 g/mol. The Labute approximate surface area is 174 Å². The molecule has 0 aliphatic heterocycles. The lowest BCUT2D eigenvalue weighted by Crippen LogP contribution is -2.26. The van der Waals surface area contributed by atoms with Crippen LogP contribution in [0.1, 0.15) is 5.69 Å². The van der Waals surface area contributed by atoms with E-state index in [9.17, 15) is 8.42 Å². The Morgan fingerprint density at radius 3 is 2.56 bits per heavy atom. The lowest BCUT2D eigenvalue weighted by molar-refractivity contribution is 0.581. The highest BCUT2D eigenvalue weighted by atomic mass is 127. The zero-order valence-electron chi connectivity index (χ0n) is 14.0. The number of hydrogen-bond donors (Lipinski definition) is 1. The van der Waals surface area contributed by atoms with Gasteiger partial charge in [-0.2, -0.15) is 4.98 Å². The van der Waals surface area contributed by atoms with Crippen molar-refractivity contribution in [1.82, 2.24) is 19.3 Å². The van der Waals surface area contributed by atoms with Gasteiger partial charge in [0.05, 0.1) is 10.6 Å². The number of hydrogen-bond acceptors (Lipinski definition) is 5. The molecule has 2 aromatic heterocycles. The first-order chi connectivity index (χ1) is 13.0. The quantitative estimate of drug-likeness (QED) is 0.403. The summed E-state index contributed by atoms with van der Waals surface area (Å²) >= 11 is 3.64. The third-order valence-electron chi connectivity index (χ3n) is 3.98. The molecule has 2 heterocycles. The molecule has 6 nitrogen and oxygen atoms in total. The second-order valence-electron chi connectivity index (χ2n) is 5.82. The Balaban J connectivity index is 1.48. The van der Waals surface area contributed by atoms with Gasteiger partial charge in [0, 0.05) is 27.5 Å². The van der Waals surface area contributed by atoms with Crippen molar-refractivity contribution >= 4 is 48.9 Å². The molecule has 9 heteroatoms. The van der Waals surface area contributed by atoms with Gasteiger partial charge in [0.25, 0.3) is 0 Å². The summed E-state index contributed by atoms with van der Waals surface area (Å²) in [7, 11) is -3.52. The molecule has 1 N–H and O–H groups in total. The van der Waals surface area contributed by atoms with E-state index in [1.54, 1.807) is 28.8 Å². The molecule has 0 aliphatic carbocycles. The normalized spacial score (nSPS) is 11.9. The molecule has 4 rings (SSSR count). The van der Waals surface area contributed by atoms with E-state index in [1.165, 1.54) is 11.3 Å². The van der Waals surface area contributed by atoms with E-state index < -0.39 is 10.0 Å². The molecule has 0 atom stereocenters. The molecule has 0 saturated heterocycles. The maximum absolute atomic E-state index is 12.4. The van der Waals surface area contributed by atoms with Gasteiger partial charge in [-0.15, -0.1) is 16.4 Å². The molecular weight excluding hydrogens is 495 g/mol. The fraction of sp³-hybridized carbons (Fsp3) is 0.111. The summed E-state index contributed by atoms with van der Waals surface area (Å²) in [6.45, 7) is 0.292. The van der Waals surface area contributed by atoms with Gasteiger partial charge in [-0.25, -0.2) is 17.7 Å². The molecule has 0 amide bonds. The van der Waals surface area contributed by atoms with Gasteiger partial charge in [-0.1, -0.05) is 30.3 Å². The van der Waals surface area contributed by atoms with Crippen LogP contribution in [0, 0.1) is 3.57 Å². The molecule has 2 aromatic carbocycles. The summed E-state index contributed by atoms with van der Waals surface area (Å²) in [5.41, 5.74) is 1.88. The average Bonchev–Trinajstić information content (AvgIpc) is 3.24. The van der Waals surface area contributed by atoms with Crippen molar-refractivity contribution in [3.8, 4) is 11.4 Å². The van der Waals surface area contributed by atoms with Gasteiger partial charge in [-0.3, -0.25) is 0 Å². The van der Waals surface area contributed by atoms with Crippen LogP contribution in [0.4, 0.5) is 0 Å². The Bertz CT molecular complexity index is 1170. The highest BCUT2D eigenvalue weighted by Crippen LogP contribution is 2.21. The predicted molar refractivity (Wildman–Crippen MR) is 114 cm³/mol. The second-order valence-corrected chi connectivity index (χ2v) is 9.67. The van der Waals surface area contributed by atoms with Crippen molar-refractivity contribution in [3.05, 3.63) is 69.2 Å². The van der Waals surface area contributed by atoms with E-state index in [-0.39, 0.29) is 4.90 Å². The van der Waals surface area contributed by atoms with Crippen LogP contribution in [-0.2, 0) is 16.4 Å². The number of benzene rings is 2. The maximum atomic E-state index is 12.4. The Hall–Kier alpha value is -1.82. The smallest absolute Gasteiger partial charge is 0.211 e. The van der Waals surface area contributed by atoms with Crippen LogP contribution in [0.2, 0.25) is 0 Å². The first-order valence-electron chi connectivity index (χ1n) is 8.17. The first-order valence-corrected chi connectivity index (χ1v) is 11.6. The molecule has 4 aromatic rings. The molecule has 0 radical (unpaired) electrons. The fourth-order valence-corrected chi connectivity index (χ4v) is 4.86. The minimum absolute atomic E-state index is 0.269. The third-order valence-corrected chi connectivity index (χ3v) is 7.04. The van der Waals surface area contributed by atoms with Gasteiger partial charge < -0.3 is 0 Å². The molecule has 0 fully saturated rings. The predicted octanol–water partition coefficient (Wildman–Crippen LogP) is 3.58. The number of aromatic nitrogens is 3. The van der Waals surface area contributed by atoms with Crippen molar-refractivity contribution in [1.29, 1.82) is 0 Å². The monoisotopic (exact) mass is 510 g/mol. The zero-order valence-corrected chi connectivity index (χ0v) is 17.8. The topological polar surface area (TPSA) is 76.4 Å². The van der Waals surface area contributed by atoms with Crippen LogP contribution in [0.25, 0.3) is 16.3 Å². The molecule has 27 heavy (non-hydrogen) atoms. The molecule has 0 spiro atoms. The Morgan fingerprint density at radius 1 is 1.07 bits per heavy atom. The van der Waals surface area contributed by atoms with Crippen LogP contribution >= 0.6 is 33.9 Å². The molecule has 0 unspecified atom stereocenters. The highest BCUT2D eigenvalue weighted by Gasteiger charge is 2.15. The zero-order chi connectivity index (χ0) is 18.9. The van der Waals surface area contributed by atoms with E-state index in [4.69, 9.17) is 0 Å². The van der Waals surface area contributed by atoms with Crippen LogP contribution in [0.5, 0.6) is 0 Å². The number of sulfonamides is 1. The lowest BCUT2D eigenvalue weighted by atomic mass is 10.2. The lowest BCUT2D eigenvalue weighted by Gasteiger charge is -2.06. The largest absolute Gasteiger partial charge is 0.240 e. The second kappa shape index (κ2) is 7.66. The standard InChI is InChI=1S/C18H15IN4O2S2/c19-14-6-8-16(9-7-14)27(24,25)20-11-10-15-12-26-18-21-17(22-23(15)18)13-4-2-1-3-5-13/h1-9,12,20H,10-11H2. The van der Waals surface area contributed by atoms with E-state index >= 15 is 0 Å². The van der Waals surface area contributed by atoms with Crippen molar-refractivity contribution < 1.29 is 8.42 Å². The van der Waals surface area contributed by atoms with Crippen LogP contribution in [0.15, 0.2) is 64.9 Å². The van der Waals surface area contributed by atoms with Crippen molar-refractivity contribution in [3.63, 3.8) is 0 Å². The van der Waals surface area contributed by atoms with Gasteiger partial charge in [0.1, 0.15) is 0 Å². The first kappa shape index (κ1) is 18.5. The third kappa shape index (κ3) is 4.05. The number of rotatable bonds is 6. The van der Waals surface area contributed by atoms with E-state index in [1.807, 2.05) is 35.7 Å². The van der Waals surface area contributed by atoms with Crippen molar-refractivity contribution in [2.75, 3.05) is 6.54 Å². The van der Waals surface area contributed by atoms with E-state index in [2.05, 4.69) is 37.4 Å². The fourth-order valence-electron chi connectivity index (χ4n) is 2.62. The van der Waals surface area contributed by atoms with Gasteiger partial charge in [0.2, 0.25) is 15.0 Å². The molecule has 138 valence electrons. The van der Waals surface area contributed by atoms with Crippen LogP contribution in [0.3, 0.4) is 0 Å². The number of halogens is 1. The summed E-state index contributed by atoms with van der Waals surface area (Å²) in [6.07, 6.45) is 0.529. The minimum atomic E-state index is -3.52. The minimum Gasteiger partial charge on any atom is -0.211 e. The molecule has 0 saturated carbocycles. The van der Waals surface area contributed by atoms with Crippen LogP contribution < -0.4 is 4.72 Å². The number of nitrogens with zero attached hydrogens (tertiary/aromatic N) is 3. The number of fused-ring (bicyclic) bond motifs is 1.